The zero-order valence-corrected chi connectivity index (χ0v) is 22.7. The molecule has 0 saturated heterocycles. The molecule has 1 nitrogen and oxygen atoms in total. The molecule has 9 aromatic rings. The fourth-order valence-electron chi connectivity index (χ4n) is 6.38. The van der Waals surface area contributed by atoms with E-state index in [0.717, 1.165) is 33.1 Å². The van der Waals surface area contributed by atoms with Crippen molar-refractivity contribution in [3.63, 3.8) is 0 Å². The molecule has 0 bridgehead atoms. The Labute approximate surface area is 261 Å². The van der Waals surface area contributed by atoms with Gasteiger partial charge < -0.3 is 4.42 Å². The summed E-state index contributed by atoms with van der Waals surface area (Å²) in [5.41, 5.74) is 4.90. The zero-order valence-electron chi connectivity index (χ0n) is 31.7. The molecule has 200 valence electrons. The van der Waals surface area contributed by atoms with Gasteiger partial charge in [0.2, 0.25) is 0 Å². The highest BCUT2D eigenvalue weighted by molar-refractivity contribution is 6.23. The van der Waals surface area contributed by atoms with Crippen molar-refractivity contribution in [2.24, 2.45) is 0 Å². The van der Waals surface area contributed by atoms with Crippen LogP contribution in [0.4, 0.5) is 0 Å². The lowest BCUT2D eigenvalue weighted by molar-refractivity contribution is 0.669. The first-order valence-electron chi connectivity index (χ1n) is 18.5. The van der Waals surface area contributed by atoms with E-state index in [4.69, 9.17) is 11.3 Å². The molecule has 1 aromatic heterocycles. The molecule has 0 aliphatic heterocycles. The highest BCUT2D eigenvalue weighted by Crippen LogP contribution is 2.45. The minimum absolute atomic E-state index is 0.139. The van der Waals surface area contributed by atoms with E-state index in [1.807, 2.05) is 78.9 Å². The molecule has 0 saturated carbocycles. The van der Waals surface area contributed by atoms with Gasteiger partial charge in [-0.15, -0.1) is 0 Å². The number of furan rings is 1. The summed E-state index contributed by atoms with van der Waals surface area (Å²) < 4.78 is 86.7. The summed E-state index contributed by atoms with van der Waals surface area (Å²) >= 11 is 0. The summed E-state index contributed by atoms with van der Waals surface area (Å²) in [6.07, 6.45) is 0. The number of para-hydroxylation sites is 1. The Morgan fingerprint density at radius 2 is 0.977 bits per heavy atom. The zero-order chi connectivity index (χ0) is 36.2. The summed E-state index contributed by atoms with van der Waals surface area (Å²) in [5, 5.41) is 3.73. The minimum Gasteiger partial charge on any atom is -0.456 e. The molecule has 0 unspecified atom stereocenters. The van der Waals surface area contributed by atoms with Gasteiger partial charge in [0.15, 0.2) is 0 Å². The Bertz CT molecular complexity index is 2920. The van der Waals surface area contributed by atoms with E-state index in [-0.39, 0.29) is 62.9 Å². The van der Waals surface area contributed by atoms with Crippen molar-refractivity contribution >= 4 is 54.3 Å². The van der Waals surface area contributed by atoms with Crippen molar-refractivity contribution < 1.29 is 16.8 Å². The predicted molar refractivity (Wildman–Crippen MR) is 183 cm³/mol. The summed E-state index contributed by atoms with van der Waals surface area (Å²) in [6.45, 7) is 0. The van der Waals surface area contributed by atoms with Crippen LogP contribution in [0.15, 0.2) is 162 Å². The SMILES string of the molecule is [2H]c1c([2H])c([2H])c2c(-c3ccc([2H])c4ccccc34)c3c([2H])c([2H])c([2H])c([2H])c3c(-c3ccc(-c4cccc5oc6ccccc6c45)cc3)c2c1[2H]. The summed E-state index contributed by atoms with van der Waals surface area (Å²) in [6, 6.07) is 28.8. The third-order valence-electron chi connectivity index (χ3n) is 8.24. The van der Waals surface area contributed by atoms with Gasteiger partial charge in [-0.3, -0.25) is 0 Å². The van der Waals surface area contributed by atoms with Crippen LogP contribution < -0.4 is 0 Å². The van der Waals surface area contributed by atoms with Crippen LogP contribution in [0.1, 0.15) is 12.3 Å². The first-order chi connectivity index (χ1) is 25.1. The maximum Gasteiger partial charge on any atom is 0.136 e. The molecule has 0 aliphatic carbocycles. The van der Waals surface area contributed by atoms with Gasteiger partial charge in [0.1, 0.15) is 11.2 Å². The molecule has 0 amide bonds. The number of rotatable bonds is 3. The minimum atomic E-state index is -0.456. The van der Waals surface area contributed by atoms with Crippen molar-refractivity contribution in [2.45, 2.75) is 0 Å². The van der Waals surface area contributed by atoms with E-state index < -0.39 is 24.2 Å². The van der Waals surface area contributed by atoms with Gasteiger partial charge in [-0.2, -0.15) is 0 Å². The largest absolute Gasteiger partial charge is 0.456 e. The summed E-state index contributed by atoms with van der Waals surface area (Å²) in [5.74, 6) is 0. The molecule has 8 aromatic carbocycles. The van der Waals surface area contributed by atoms with E-state index in [0.29, 0.717) is 21.9 Å². The standard InChI is InChI=1S/C42H26O/c1-2-13-30-27(11-1)12-9-20-32(30)41-35-16-5-3-14-33(35)40(34-15-4-6-17-36(34)41)29-25-23-28(24-26-29)31-19-10-22-39-42(31)37-18-7-8-21-38(37)43-39/h1-26H/i3D,4D,5D,6D,12D,14D,15D,16D,17D. The average molecular weight is 556 g/mol. The highest BCUT2D eigenvalue weighted by Gasteiger charge is 2.18. The molecule has 0 N–H and O–H groups in total. The van der Waals surface area contributed by atoms with Crippen LogP contribution in [0.25, 0.3) is 87.6 Å². The lowest BCUT2D eigenvalue weighted by Gasteiger charge is -2.19. The van der Waals surface area contributed by atoms with Gasteiger partial charge in [-0.05, 0) is 77.8 Å². The molecule has 1 heteroatoms. The van der Waals surface area contributed by atoms with E-state index in [9.17, 15) is 5.48 Å². The van der Waals surface area contributed by atoms with Crippen LogP contribution in [0.5, 0.6) is 0 Å². The van der Waals surface area contributed by atoms with Gasteiger partial charge in [0, 0.05) is 10.8 Å². The Balaban J connectivity index is 1.44. The van der Waals surface area contributed by atoms with Crippen molar-refractivity contribution in [2.75, 3.05) is 0 Å². The number of benzene rings is 8. The van der Waals surface area contributed by atoms with Crippen LogP contribution in [-0.2, 0) is 0 Å². The topological polar surface area (TPSA) is 13.1 Å². The highest BCUT2D eigenvalue weighted by atomic mass is 16.3. The fraction of sp³-hybridized carbons (Fsp3) is 0. The normalized spacial score (nSPS) is 14.7. The van der Waals surface area contributed by atoms with Crippen molar-refractivity contribution in [1.82, 2.24) is 0 Å². The Kier molecular flexibility index (Phi) is 3.67. The lowest BCUT2D eigenvalue weighted by atomic mass is 9.84. The van der Waals surface area contributed by atoms with Crippen LogP contribution in [0.2, 0.25) is 0 Å². The van der Waals surface area contributed by atoms with E-state index in [1.54, 1.807) is 24.3 Å². The fourth-order valence-corrected chi connectivity index (χ4v) is 6.38. The van der Waals surface area contributed by atoms with Crippen LogP contribution in [-0.4, -0.2) is 0 Å². The molecular weight excluding hydrogens is 520 g/mol. The predicted octanol–water partition coefficient (Wildman–Crippen LogP) is 12.0. The molecule has 0 fully saturated rings. The number of hydrogen-bond donors (Lipinski definition) is 0. The summed E-state index contributed by atoms with van der Waals surface area (Å²) in [7, 11) is 0. The third kappa shape index (κ3) is 3.65. The second-order valence-corrected chi connectivity index (χ2v) is 10.5. The van der Waals surface area contributed by atoms with E-state index in [2.05, 4.69) is 0 Å². The maximum atomic E-state index is 9.27. The molecule has 9 rings (SSSR count). The monoisotopic (exact) mass is 555 g/mol. The van der Waals surface area contributed by atoms with Crippen LogP contribution in [0.3, 0.4) is 0 Å². The third-order valence-corrected chi connectivity index (χ3v) is 8.24. The first kappa shape index (κ1) is 16.7. The van der Waals surface area contributed by atoms with E-state index >= 15 is 0 Å². The van der Waals surface area contributed by atoms with Crippen LogP contribution >= 0.6 is 0 Å². The van der Waals surface area contributed by atoms with Gasteiger partial charge >= 0.3 is 0 Å². The summed E-state index contributed by atoms with van der Waals surface area (Å²) in [4.78, 5) is 0. The van der Waals surface area contributed by atoms with E-state index in [1.165, 1.54) is 0 Å². The first-order valence-corrected chi connectivity index (χ1v) is 14.0. The molecular formula is C42H26O. The molecule has 43 heavy (non-hydrogen) atoms. The number of hydrogen-bond acceptors (Lipinski definition) is 1. The van der Waals surface area contributed by atoms with Crippen molar-refractivity contribution in [3.8, 4) is 33.4 Å². The average Bonchev–Trinajstić information content (AvgIpc) is 3.56. The van der Waals surface area contributed by atoms with Gasteiger partial charge in [-0.25, -0.2) is 0 Å². The quantitative estimate of drug-likeness (QED) is 0.198. The smallest absolute Gasteiger partial charge is 0.136 e. The Hall–Kier alpha value is -5.66. The second-order valence-electron chi connectivity index (χ2n) is 10.5. The molecule has 0 radical (unpaired) electrons. The Morgan fingerprint density at radius 1 is 0.395 bits per heavy atom. The molecule has 1 heterocycles. The molecule has 0 spiro atoms. The molecule has 0 atom stereocenters. The van der Waals surface area contributed by atoms with Crippen molar-refractivity contribution in [1.29, 1.82) is 0 Å². The second kappa shape index (κ2) is 9.44. The molecule has 0 aliphatic rings. The van der Waals surface area contributed by atoms with Gasteiger partial charge in [-0.1, -0.05) is 145 Å². The Morgan fingerprint density at radius 3 is 1.72 bits per heavy atom. The van der Waals surface area contributed by atoms with Gasteiger partial charge in [0.25, 0.3) is 0 Å². The number of fused-ring (bicyclic) bond motifs is 6. The lowest BCUT2D eigenvalue weighted by Crippen LogP contribution is -1.91. The maximum absolute atomic E-state index is 9.27. The van der Waals surface area contributed by atoms with Gasteiger partial charge in [0.05, 0.1) is 12.3 Å². The van der Waals surface area contributed by atoms with Crippen molar-refractivity contribution in [3.05, 3.63) is 158 Å². The van der Waals surface area contributed by atoms with Crippen LogP contribution in [0, 0.1) is 0 Å².